The van der Waals surface area contributed by atoms with Gasteiger partial charge in [-0.15, -0.1) is 0 Å². The summed E-state index contributed by atoms with van der Waals surface area (Å²) in [6.07, 6.45) is 6.63. The third-order valence-corrected chi connectivity index (χ3v) is 4.78. The van der Waals surface area contributed by atoms with Crippen molar-refractivity contribution in [3.8, 4) is 22.8 Å². The molecule has 146 valence electrons. The van der Waals surface area contributed by atoms with Crippen molar-refractivity contribution in [3.63, 3.8) is 0 Å². The van der Waals surface area contributed by atoms with Crippen LogP contribution in [0.15, 0.2) is 48.9 Å². The second kappa shape index (κ2) is 8.31. The zero-order valence-electron chi connectivity index (χ0n) is 16.2. The summed E-state index contributed by atoms with van der Waals surface area (Å²) in [4.78, 5) is 4.49. The summed E-state index contributed by atoms with van der Waals surface area (Å²) in [6, 6.07) is 10.2. The molecule has 2 N–H and O–H groups in total. The zero-order valence-corrected chi connectivity index (χ0v) is 16.2. The molecule has 1 aliphatic rings. The Bertz CT molecular complexity index is 940. The van der Waals surface area contributed by atoms with Gasteiger partial charge in [0.1, 0.15) is 11.9 Å². The number of benzene rings is 1. The first kappa shape index (κ1) is 18.3. The van der Waals surface area contributed by atoms with Crippen molar-refractivity contribution in [1.29, 1.82) is 0 Å². The number of hydrogen-bond donors (Lipinski definition) is 2. The molecule has 0 saturated carbocycles. The highest BCUT2D eigenvalue weighted by atomic mass is 16.5. The van der Waals surface area contributed by atoms with E-state index in [1.165, 1.54) is 5.56 Å². The topological polar surface area (TPSA) is 73.2 Å². The monoisotopic (exact) mass is 379 g/mol. The standard InChI is InChI=1S/C21H25N5O2/c1-26-14-17(11-25-26)16-9-20-21(24-10-16)28-19(13-23-20)12-22-7-6-15-4-3-5-18(8-15)27-2/h3-5,8-11,14,19,22-23H,6-7,12-13H2,1-2H3. The molecule has 7 nitrogen and oxygen atoms in total. The van der Waals surface area contributed by atoms with E-state index in [0.29, 0.717) is 5.88 Å². The molecule has 0 spiro atoms. The molecular formula is C21H25N5O2. The molecule has 2 aromatic heterocycles. The Morgan fingerprint density at radius 1 is 1.29 bits per heavy atom. The highest BCUT2D eigenvalue weighted by Gasteiger charge is 2.20. The Balaban J connectivity index is 1.28. The predicted octanol–water partition coefficient (Wildman–Crippen LogP) is 2.50. The first-order chi connectivity index (χ1) is 13.7. The molecule has 0 amide bonds. The first-order valence-electron chi connectivity index (χ1n) is 9.44. The summed E-state index contributed by atoms with van der Waals surface area (Å²) in [5.74, 6) is 1.55. The van der Waals surface area contributed by atoms with Crippen LogP contribution in [0.4, 0.5) is 5.69 Å². The Labute approximate surface area is 164 Å². The molecule has 1 aromatic carbocycles. The van der Waals surface area contributed by atoms with Gasteiger partial charge in [0.25, 0.3) is 0 Å². The van der Waals surface area contributed by atoms with Gasteiger partial charge in [-0.3, -0.25) is 4.68 Å². The lowest BCUT2D eigenvalue weighted by Gasteiger charge is -2.27. The molecule has 0 bridgehead atoms. The van der Waals surface area contributed by atoms with Crippen molar-refractivity contribution in [1.82, 2.24) is 20.1 Å². The maximum Gasteiger partial charge on any atom is 0.237 e. The van der Waals surface area contributed by atoms with E-state index in [9.17, 15) is 0 Å². The van der Waals surface area contributed by atoms with Crippen molar-refractivity contribution in [3.05, 3.63) is 54.5 Å². The molecule has 0 aliphatic carbocycles. The summed E-state index contributed by atoms with van der Waals surface area (Å²) in [5, 5.41) is 11.1. The molecule has 3 aromatic rings. The minimum absolute atomic E-state index is 0.0505. The fraction of sp³-hybridized carbons (Fsp3) is 0.333. The van der Waals surface area contributed by atoms with Gasteiger partial charge in [-0.25, -0.2) is 4.98 Å². The number of fused-ring (bicyclic) bond motifs is 1. The highest BCUT2D eigenvalue weighted by molar-refractivity contribution is 5.69. The quantitative estimate of drug-likeness (QED) is 0.615. The van der Waals surface area contributed by atoms with Crippen molar-refractivity contribution in [2.24, 2.45) is 7.05 Å². The van der Waals surface area contributed by atoms with Crippen LogP contribution in [0.25, 0.3) is 11.1 Å². The van der Waals surface area contributed by atoms with Crippen LogP contribution in [-0.4, -0.2) is 47.6 Å². The third-order valence-electron chi connectivity index (χ3n) is 4.78. The van der Waals surface area contributed by atoms with Crippen LogP contribution in [-0.2, 0) is 13.5 Å². The maximum absolute atomic E-state index is 6.04. The second-order valence-electron chi connectivity index (χ2n) is 6.91. The summed E-state index contributed by atoms with van der Waals surface area (Å²) in [5.41, 5.74) is 4.25. The Kier molecular flexibility index (Phi) is 5.43. The summed E-state index contributed by atoms with van der Waals surface area (Å²) >= 11 is 0. The predicted molar refractivity (Wildman–Crippen MR) is 109 cm³/mol. The van der Waals surface area contributed by atoms with Gasteiger partial charge in [-0.05, 0) is 36.7 Å². The van der Waals surface area contributed by atoms with Gasteiger partial charge in [0.15, 0.2) is 0 Å². The van der Waals surface area contributed by atoms with Crippen LogP contribution in [0.1, 0.15) is 5.56 Å². The highest BCUT2D eigenvalue weighted by Crippen LogP contribution is 2.30. The number of aryl methyl sites for hydroxylation is 1. The average Bonchev–Trinajstić information content (AvgIpc) is 3.17. The van der Waals surface area contributed by atoms with E-state index in [0.717, 1.165) is 48.6 Å². The number of nitrogens with one attached hydrogen (secondary N) is 2. The largest absolute Gasteiger partial charge is 0.497 e. The molecular weight excluding hydrogens is 354 g/mol. The molecule has 0 saturated heterocycles. The van der Waals surface area contributed by atoms with Crippen molar-refractivity contribution < 1.29 is 9.47 Å². The molecule has 4 rings (SSSR count). The van der Waals surface area contributed by atoms with Gasteiger partial charge in [-0.2, -0.15) is 5.10 Å². The Morgan fingerprint density at radius 3 is 3.04 bits per heavy atom. The van der Waals surface area contributed by atoms with E-state index in [2.05, 4.69) is 38.9 Å². The second-order valence-corrected chi connectivity index (χ2v) is 6.91. The number of nitrogens with zero attached hydrogens (tertiary/aromatic N) is 3. The number of aromatic nitrogens is 3. The lowest BCUT2D eigenvalue weighted by atomic mass is 10.1. The van der Waals surface area contributed by atoms with E-state index >= 15 is 0 Å². The van der Waals surface area contributed by atoms with Gasteiger partial charge >= 0.3 is 0 Å². The van der Waals surface area contributed by atoms with Gasteiger partial charge in [-0.1, -0.05) is 12.1 Å². The molecule has 1 unspecified atom stereocenters. The van der Waals surface area contributed by atoms with Gasteiger partial charge in [0, 0.05) is 37.1 Å². The molecule has 3 heterocycles. The van der Waals surface area contributed by atoms with Crippen LogP contribution >= 0.6 is 0 Å². The van der Waals surface area contributed by atoms with E-state index in [-0.39, 0.29) is 6.10 Å². The van der Waals surface area contributed by atoms with Crippen LogP contribution < -0.4 is 20.1 Å². The van der Waals surface area contributed by atoms with Crippen molar-refractivity contribution in [2.75, 3.05) is 32.1 Å². The van der Waals surface area contributed by atoms with Crippen LogP contribution in [0, 0.1) is 0 Å². The lowest BCUT2D eigenvalue weighted by Crippen LogP contribution is -2.40. The molecule has 28 heavy (non-hydrogen) atoms. The fourth-order valence-electron chi connectivity index (χ4n) is 3.26. The number of methoxy groups -OCH3 is 1. The lowest BCUT2D eigenvalue weighted by molar-refractivity contribution is 0.194. The van der Waals surface area contributed by atoms with Crippen molar-refractivity contribution in [2.45, 2.75) is 12.5 Å². The summed E-state index contributed by atoms with van der Waals surface area (Å²) in [6.45, 7) is 2.40. The van der Waals surface area contributed by atoms with Crippen LogP contribution in [0.5, 0.6) is 11.6 Å². The SMILES string of the molecule is COc1cccc(CCNCC2CNc3cc(-c4cnn(C)c4)cnc3O2)c1. The Hall–Kier alpha value is -3.06. The number of pyridine rings is 1. The molecule has 7 heteroatoms. The van der Waals surface area contributed by atoms with Crippen LogP contribution in [0.3, 0.4) is 0 Å². The van der Waals surface area contributed by atoms with Crippen molar-refractivity contribution >= 4 is 5.69 Å². The number of ether oxygens (including phenoxy) is 2. The fourth-order valence-corrected chi connectivity index (χ4v) is 3.26. The summed E-state index contributed by atoms with van der Waals surface area (Å²) in [7, 11) is 3.60. The van der Waals surface area contributed by atoms with E-state index in [1.807, 2.05) is 37.8 Å². The number of hydrogen-bond acceptors (Lipinski definition) is 6. The smallest absolute Gasteiger partial charge is 0.237 e. The van der Waals surface area contributed by atoms with E-state index in [4.69, 9.17) is 9.47 Å². The zero-order chi connectivity index (χ0) is 19.3. The minimum atomic E-state index is 0.0505. The minimum Gasteiger partial charge on any atom is -0.497 e. The summed E-state index contributed by atoms with van der Waals surface area (Å²) < 4.78 is 13.1. The molecule has 0 fully saturated rings. The number of rotatable bonds is 7. The molecule has 1 atom stereocenters. The molecule has 1 aliphatic heterocycles. The first-order valence-corrected chi connectivity index (χ1v) is 9.44. The Morgan fingerprint density at radius 2 is 2.21 bits per heavy atom. The normalized spacial score (nSPS) is 15.4. The van der Waals surface area contributed by atoms with E-state index < -0.39 is 0 Å². The van der Waals surface area contributed by atoms with Gasteiger partial charge in [0.05, 0.1) is 25.5 Å². The third kappa shape index (κ3) is 4.26. The van der Waals surface area contributed by atoms with Gasteiger partial charge in [0.2, 0.25) is 5.88 Å². The van der Waals surface area contributed by atoms with Crippen LogP contribution in [0.2, 0.25) is 0 Å². The molecule has 0 radical (unpaired) electrons. The number of anilines is 1. The maximum atomic E-state index is 6.04. The average molecular weight is 379 g/mol. The van der Waals surface area contributed by atoms with E-state index in [1.54, 1.807) is 11.8 Å². The van der Waals surface area contributed by atoms with Gasteiger partial charge < -0.3 is 20.1 Å².